The molecule has 0 amide bonds. The lowest BCUT2D eigenvalue weighted by molar-refractivity contribution is -0.138. The highest BCUT2D eigenvalue weighted by Gasteiger charge is 2.35. The highest BCUT2D eigenvalue weighted by Crippen LogP contribution is 2.36. The van der Waals surface area contributed by atoms with Crippen LogP contribution in [0.1, 0.15) is 50.3 Å². The van der Waals surface area contributed by atoms with Gasteiger partial charge in [-0.15, -0.1) is 0 Å². The maximum atomic E-state index is 13.3. The molecule has 0 aliphatic rings. The monoisotopic (exact) mass is 292 g/mol. The van der Waals surface area contributed by atoms with Gasteiger partial charge in [0.15, 0.2) is 0 Å². The van der Waals surface area contributed by atoms with E-state index in [0.29, 0.717) is 6.42 Å². The minimum absolute atomic E-state index is 0.136. The SMILES string of the molecule is CCCC(C)CC(NN)c1cc(F)ccc1C(F)(F)F. The van der Waals surface area contributed by atoms with E-state index >= 15 is 0 Å². The van der Waals surface area contributed by atoms with Crippen molar-refractivity contribution in [2.75, 3.05) is 0 Å². The fourth-order valence-electron chi connectivity index (χ4n) is 2.38. The fourth-order valence-corrected chi connectivity index (χ4v) is 2.38. The summed E-state index contributed by atoms with van der Waals surface area (Å²) in [6, 6.07) is 1.77. The Labute approximate surface area is 116 Å². The Balaban J connectivity index is 3.10. The lowest BCUT2D eigenvalue weighted by Gasteiger charge is -2.24. The summed E-state index contributed by atoms with van der Waals surface area (Å²) in [5.74, 6) is 4.87. The number of hydrazine groups is 1. The molecule has 2 unspecified atom stereocenters. The van der Waals surface area contributed by atoms with Gasteiger partial charge in [0.1, 0.15) is 5.82 Å². The molecule has 1 aromatic rings. The summed E-state index contributed by atoms with van der Waals surface area (Å²) < 4.78 is 52.2. The molecule has 0 saturated carbocycles. The summed E-state index contributed by atoms with van der Waals surface area (Å²) in [5, 5.41) is 0. The zero-order valence-electron chi connectivity index (χ0n) is 11.6. The van der Waals surface area contributed by atoms with Gasteiger partial charge in [-0.2, -0.15) is 13.2 Å². The summed E-state index contributed by atoms with van der Waals surface area (Å²) >= 11 is 0. The summed E-state index contributed by atoms with van der Waals surface area (Å²) in [7, 11) is 0. The first-order valence-electron chi connectivity index (χ1n) is 6.62. The first-order chi connectivity index (χ1) is 9.29. The molecule has 0 heterocycles. The van der Waals surface area contributed by atoms with Gasteiger partial charge in [-0.1, -0.05) is 26.7 Å². The largest absolute Gasteiger partial charge is 0.416 e. The minimum Gasteiger partial charge on any atom is -0.271 e. The molecule has 0 spiro atoms. The third-order valence-electron chi connectivity index (χ3n) is 3.32. The van der Waals surface area contributed by atoms with Crippen LogP contribution in [-0.4, -0.2) is 0 Å². The Bertz CT molecular complexity index is 432. The normalized spacial score (nSPS) is 15.2. The van der Waals surface area contributed by atoms with Crippen LogP contribution in [0.5, 0.6) is 0 Å². The number of nitrogens with two attached hydrogens (primary N) is 1. The van der Waals surface area contributed by atoms with Gasteiger partial charge in [0.05, 0.1) is 5.56 Å². The Hall–Kier alpha value is -1.14. The predicted molar refractivity (Wildman–Crippen MR) is 70.2 cm³/mol. The highest BCUT2D eigenvalue weighted by molar-refractivity contribution is 5.33. The zero-order valence-corrected chi connectivity index (χ0v) is 11.6. The molecule has 0 radical (unpaired) electrons. The van der Waals surface area contributed by atoms with Gasteiger partial charge in [-0.05, 0) is 36.1 Å². The van der Waals surface area contributed by atoms with Crippen LogP contribution >= 0.6 is 0 Å². The van der Waals surface area contributed by atoms with E-state index in [2.05, 4.69) is 5.43 Å². The molecule has 0 aliphatic carbocycles. The van der Waals surface area contributed by atoms with Crippen molar-refractivity contribution in [3.8, 4) is 0 Å². The lowest BCUT2D eigenvalue weighted by Crippen LogP contribution is -2.31. The van der Waals surface area contributed by atoms with Crippen molar-refractivity contribution >= 4 is 0 Å². The van der Waals surface area contributed by atoms with E-state index in [9.17, 15) is 17.6 Å². The molecule has 0 saturated heterocycles. The van der Waals surface area contributed by atoms with E-state index in [4.69, 9.17) is 5.84 Å². The molecule has 0 fully saturated rings. The van der Waals surface area contributed by atoms with Crippen molar-refractivity contribution in [1.82, 2.24) is 5.43 Å². The lowest BCUT2D eigenvalue weighted by atomic mass is 9.90. The number of hydrogen-bond donors (Lipinski definition) is 2. The third-order valence-corrected chi connectivity index (χ3v) is 3.32. The van der Waals surface area contributed by atoms with Gasteiger partial charge in [-0.3, -0.25) is 11.3 Å². The van der Waals surface area contributed by atoms with Gasteiger partial charge >= 0.3 is 6.18 Å². The first kappa shape index (κ1) is 16.9. The van der Waals surface area contributed by atoms with E-state index in [1.807, 2.05) is 13.8 Å². The van der Waals surface area contributed by atoms with Crippen molar-refractivity contribution < 1.29 is 17.6 Å². The van der Waals surface area contributed by atoms with Crippen LogP contribution < -0.4 is 11.3 Å². The maximum Gasteiger partial charge on any atom is 0.416 e. The quantitative estimate of drug-likeness (QED) is 0.469. The Morgan fingerprint density at radius 2 is 1.95 bits per heavy atom. The third kappa shape index (κ3) is 4.45. The van der Waals surface area contributed by atoms with Crippen LogP contribution in [0.15, 0.2) is 18.2 Å². The van der Waals surface area contributed by atoms with Crippen molar-refractivity contribution in [3.63, 3.8) is 0 Å². The Morgan fingerprint density at radius 1 is 1.30 bits per heavy atom. The molecule has 0 aromatic heterocycles. The van der Waals surface area contributed by atoms with Crippen LogP contribution in [0.4, 0.5) is 17.6 Å². The Morgan fingerprint density at radius 3 is 2.45 bits per heavy atom. The van der Waals surface area contributed by atoms with Gasteiger partial charge < -0.3 is 0 Å². The smallest absolute Gasteiger partial charge is 0.271 e. The molecule has 114 valence electrons. The molecule has 20 heavy (non-hydrogen) atoms. The fraction of sp³-hybridized carbons (Fsp3) is 0.571. The van der Waals surface area contributed by atoms with E-state index in [-0.39, 0.29) is 11.5 Å². The molecular formula is C14H20F4N2. The minimum atomic E-state index is -4.52. The average Bonchev–Trinajstić information content (AvgIpc) is 2.34. The molecule has 1 aromatic carbocycles. The molecule has 1 rings (SSSR count). The molecule has 3 N–H and O–H groups in total. The predicted octanol–water partition coefficient (Wildman–Crippen LogP) is 4.18. The van der Waals surface area contributed by atoms with Crippen molar-refractivity contribution in [2.24, 2.45) is 11.8 Å². The molecule has 2 nitrogen and oxygen atoms in total. The second-order valence-electron chi connectivity index (χ2n) is 5.08. The van der Waals surface area contributed by atoms with Gasteiger partial charge in [-0.25, -0.2) is 4.39 Å². The van der Waals surface area contributed by atoms with Gasteiger partial charge in [0.25, 0.3) is 0 Å². The van der Waals surface area contributed by atoms with Gasteiger partial charge in [0, 0.05) is 6.04 Å². The van der Waals surface area contributed by atoms with E-state index in [1.54, 1.807) is 0 Å². The summed E-state index contributed by atoms with van der Waals surface area (Å²) in [6.07, 6.45) is -2.27. The van der Waals surface area contributed by atoms with E-state index < -0.39 is 23.6 Å². The standard InChI is InChI=1S/C14H20F4N2/c1-3-4-9(2)7-13(20-19)11-8-10(15)5-6-12(11)14(16,17)18/h5-6,8-9,13,20H,3-4,7,19H2,1-2H3. The van der Waals surface area contributed by atoms with Crippen molar-refractivity contribution in [2.45, 2.75) is 45.3 Å². The number of rotatable bonds is 6. The first-order valence-corrected chi connectivity index (χ1v) is 6.62. The zero-order chi connectivity index (χ0) is 15.3. The maximum absolute atomic E-state index is 13.3. The molecule has 2 atom stereocenters. The number of hydrogen-bond acceptors (Lipinski definition) is 2. The highest BCUT2D eigenvalue weighted by atomic mass is 19.4. The van der Waals surface area contributed by atoms with Crippen LogP contribution in [0.3, 0.4) is 0 Å². The number of alkyl halides is 3. The van der Waals surface area contributed by atoms with E-state index in [0.717, 1.165) is 31.0 Å². The summed E-state index contributed by atoms with van der Waals surface area (Å²) in [4.78, 5) is 0. The number of nitrogens with one attached hydrogen (secondary N) is 1. The van der Waals surface area contributed by atoms with Crippen molar-refractivity contribution in [1.29, 1.82) is 0 Å². The summed E-state index contributed by atoms with van der Waals surface area (Å²) in [5.41, 5.74) is 1.40. The van der Waals surface area contributed by atoms with Crippen molar-refractivity contribution in [3.05, 3.63) is 35.1 Å². The van der Waals surface area contributed by atoms with Crippen LogP contribution in [-0.2, 0) is 6.18 Å². The van der Waals surface area contributed by atoms with Crippen LogP contribution in [0.25, 0.3) is 0 Å². The summed E-state index contributed by atoms with van der Waals surface area (Å²) in [6.45, 7) is 3.95. The molecule has 0 aliphatic heterocycles. The average molecular weight is 292 g/mol. The van der Waals surface area contributed by atoms with Gasteiger partial charge in [0.2, 0.25) is 0 Å². The molecular weight excluding hydrogens is 272 g/mol. The molecule has 0 bridgehead atoms. The van der Waals surface area contributed by atoms with E-state index in [1.165, 1.54) is 0 Å². The second-order valence-corrected chi connectivity index (χ2v) is 5.08. The Kier molecular flexibility index (Phi) is 5.95. The number of benzene rings is 1. The second kappa shape index (κ2) is 7.04. The topological polar surface area (TPSA) is 38.0 Å². The van der Waals surface area contributed by atoms with Crippen LogP contribution in [0, 0.1) is 11.7 Å². The molecule has 6 heteroatoms. The number of halogens is 4. The van der Waals surface area contributed by atoms with Crippen LogP contribution in [0.2, 0.25) is 0 Å².